The number of ether oxygens (including phenoxy) is 1. The molecule has 0 radical (unpaired) electrons. The molecule has 0 fully saturated rings. The maximum Gasteiger partial charge on any atom is 0.323 e. The highest BCUT2D eigenvalue weighted by Gasteiger charge is 2.23. The summed E-state index contributed by atoms with van der Waals surface area (Å²) in [5.74, 6) is -1.73. The van der Waals surface area contributed by atoms with Crippen molar-refractivity contribution < 1.29 is 27.9 Å². The molecule has 0 saturated heterocycles. The number of hydrogen-bond donors (Lipinski definition) is 2. The van der Waals surface area contributed by atoms with Gasteiger partial charge >= 0.3 is 11.9 Å². The maximum atomic E-state index is 11.9. The lowest BCUT2D eigenvalue weighted by Crippen LogP contribution is -2.38. The molecule has 0 aliphatic heterocycles. The van der Waals surface area contributed by atoms with Crippen LogP contribution >= 0.6 is 0 Å². The number of aromatic nitrogens is 2. The van der Waals surface area contributed by atoms with Crippen LogP contribution in [-0.4, -0.2) is 48.4 Å². The fourth-order valence-corrected chi connectivity index (χ4v) is 2.49. The fraction of sp³-hybridized carbons (Fsp3) is 0.500. The average Bonchev–Trinajstić information content (AvgIpc) is 2.84. The molecule has 9 nitrogen and oxygen atoms in total. The van der Waals surface area contributed by atoms with E-state index >= 15 is 0 Å². The molecule has 1 rings (SSSR count). The van der Waals surface area contributed by atoms with Crippen molar-refractivity contribution in [2.45, 2.75) is 30.8 Å². The molecule has 2 N–H and O–H groups in total. The molecule has 10 heteroatoms. The van der Waals surface area contributed by atoms with Gasteiger partial charge in [-0.15, -0.1) is 0 Å². The first kappa shape index (κ1) is 16.1. The van der Waals surface area contributed by atoms with Crippen LogP contribution in [0.5, 0.6) is 0 Å². The molecule has 0 aliphatic rings. The van der Waals surface area contributed by atoms with E-state index in [-0.39, 0.29) is 17.9 Å². The molecule has 112 valence electrons. The smallest absolute Gasteiger partial charge is 0.323 e. The Balaban J connectivity index is 2.78. The number of hydrogen-bond acceptors (Lipinski definition) is 6. The SMILES string of the molecule is COC(=O)[C@H](C)NS(=O)(=O)c1cnn(CCC(=O)O)c1. The quantitative estimate of drug-likeness (QED) is 0.631. The Bertz CT molecular complexity index is 594. The van der Waals surface area contributed by atoms with Crippen molar-refractivity contribution in [1.82, 2.24) is 14.5 Å². The van der Waals surface area contributed by atoms with Gasteiger partial charge in [-0.05, 0) is 6.92 Å². The fourth-order valence-electron chi connectivity index (χ4n) is 1.34. The molecule has 0 aliphatic carbocycles. The van der Waals surface area contributed by atoms with E-state index in [1.54, 1.807) is 0 Å². The van der Waals surface area contributed by atoms with Gasteiger partial charge in [0.05, 0.1) is 26.3 Å². The van der Waals surface area contributed by atoms with Gasteiger partial charge in [-0.2, -0.15) is 9.82 Å². The largest absolute Gasteiger partial charge is 0.481 e. The molecule has 1 atom stereocenters. The Hall–Kier alpha value is -1.94. The van der Waals surface area contributed by atoms with Gasteiger partial charge in [0.1, 0.15) is 10.9 Å². The van der Waals surface area contributed by atoms with Gasteiger partial charge in [-0.25, -0.2) is 8.42 Å². The van der Waals surface area contributed by atoms with Crippen molar-refractivity contribution in [2.24, 2.45) is 0 Å². The summed E-state index contributed by atoms with van der Waals surface area (Å²) in [6, 6.07) is -1.03. The molecule has 0 bridgehead atoms. The zero-order valence-corrected chi connectivity index (χ0v) is 11.8. The number of carboxylic acid groups (broad SMARTS) is 1. The molecule has 1 heterocycles. The monoisotopic (exact) mass is 305 g/mol. The standard InChI is InChI=1S/C10H15N3O6S/c1-7(10(16)19-2)12-20(17,18)8-5-11-13(6-8)4-3-9(14)15/h5-7,12H,3-4H2,1-2H3,(H,14,15)/t7-/m0/s1. The van der Waals surface area contributed by atoms with Crippen LogP contribution < -0.4 is 4.72 Å². The van der Waals surface area contributed by atoms with E-state index in [0.29, 0.717) is 0 Å². The number of nitrogens with one attached hydrogen (secondary N) is 1. The van der Waals surface area contributed by atoms with Crippen LogP contribution in [0.25, 0.3) is 0 Å². The molecule has 0 aromatic carbocycles. The minimum absolute atomic E-state index is 0.0530. The number of aryl methyl sites for hydroxylation is 1. The van der Waals surface area contributed by atoms with E-state index in [9.17, 15) is 18.0 Å². The van der Waals surface area contributed by atoms with E-state index in [1.807, 2.05) is 0 Å². The van der Waals surface area contributed by atoms with Crippen LogP contribution in [0.1, 0.15) is 13.3 Å². The number of methoxy groups -OCH3 is 1. The number of carbonyl (C=O) groups excluding carboxylic acids is 1. The van der Waals surface area contributed by atoms with Crippen molar-refractivity contribution in [3.05, 3.63) is 12.4 Å². The van der Waals surface area contributed by atoms with E-state index in [2.05, 4.69) is 14.6 Å². The van der Waals surface area contributed by atoms with Gasteiger partial charge in [0.15, 0.2) is 0 Å². The van der Waals surface area contributed by atoms with Gasteiger partial charge in [0.25, 0.3) is 0 Å². The highest BCUT2D eigenvalue weighted by molar-refractivity contribution is 7.89. The van der Waals surface area contributed by atoms with Crippen LogP contribution in [-0.2, 0) is 30.9 Å². The van der Waals surface area contributed by atoms with Crippen LogP contribution in [0.15, 0.2) is 17.3 Å². The lowest BCUT2D eigenvalue weighted by atomic mass is 10.4. The maximum absolute atomic E-state index is 11.9. The summed E-state index contributed by atoms with van der Waals surface area (Å²) in [5.41, 5.74) is 0. The minimum atomic E-state index is -3.91. The number of esters is 1. The molecule has 0 saturated carbocycles. The summed E-state index contributed by atoms with van der Waals surface area (Å²) in [6.07, 6.45) is 2.09. The number of carbonyl (C=O) groups is 2. The molecule has 0 unspecified atom stereocenters. The third-order valence-electron chi connectivity index (χ3n) is 2.36. The third kappa shape index (κ3) is 4.31. The topological polar surface area (TPSA) is 128 Å². The highest BCUT2D eigenvalue weighted by atomic mass is 32.2. The van der Waals surface area contributed by atoms with E-state index in [4.69, 9.17) is 5.11 Å². The number of carboxylic acids is 1. The summed E-state index contributed by atoms with van der Waals surface area (Å²) < 4.78 is 31.6. The minimum Gasteiger partial charge on any atom is -0.481 e. The van der Waals surface area contributed by atoms with E-state index in [1.165, 1.54) is 17.8 Å². The van der Waals surface area contributed by atoms with E-state index < -0.39 is 28.0 Å². The van der Waals surface area contributed by atoms with Gasteiger partial charge in [0.2, 0.25) is 10.0 Å². The van der Waals surface area contributed by atoms with Crippen molar-refractivity contribution in [1.29, 1.82) is 0 Å². The zero-order chi connectivity index (χ0) is 15.3. The lowest BCUT2D eigenvalue weighted by molar-refractivity contribution is -0.142. The Morgan fingerprint density at radius 2 is 2.20 bits per heavy atom. The molecule has 1 aromatic rings. The second-order valence-electron chi connectivity index (χ2n) is 3.95. The summed E-state index contributed by atoms with van der Waals surface area (Å²) in [7, 11) is -2.76. The number of nitrogens with zero attached hydrogens (tertiary/aromatic N) is 2. The van der Waals surface area contributed by atoms with Crippen molar-refractivity contribution >= 4 is 22.0 Å². The Labute approximate surface area is 115 Å². The van der Waals surface area contributed by atoms with Crippen molar-refractivity contribution in [3.63, 3.8) is 0 Å². The molecular formula is C10H15N3O6S. The van der Waals surface area contributed by atoms with Gasteiger partial charge in [-0.1, -0.05) is 0 Å². The van der Waals surface area contributed by atoms with E-state index in [0.717, 1.165) is 13.3 Å². The second-order valence-corrected chi connectivity index (χ2v) is 5.66. The van der Waals surface area contributed by atoms with Gasteiger partial charge in [0, 0.05) is 6.20 Å². The predicted octanol–water partition coefficient (Wildman–Crippen LogP) is -0.802. The third-order valence-corrected chi connectivity index (χ3v) is 3.86. The average molecular weight is 305 g/mol. The van der Waals surface area contributed by atoms with Crippen LogP contribution in [0.3, 0.4) is 0 Å². The first-order valence-electron chi connectivity index (χ1n) is 5.60. The summed E-state index contributed by atoms with van der Waals surface area (Å²) >= 11 is 0. The first-order chi connectivity index (χ1) is 9.26. The molecule has 20 heavy (non-hydrogen) atoms. The Kier molecular flexibility index (Phi) is 5.22. The molecule has 1 aromatic heterocycles. The van der Waals surface area contributed by atoms with Crippen molar-refractivity contribution in [2.75, 3.05) is 7.11 Å². The number of aliphatic carboxylic acids is 1. The zero-order valence-electron chi connectivity index (χ0n) is 10.9. The lowest BCUT2D eigenvalue weighted by Gasteiger charge is -2.10. The molecule has 0 amide bonds. The summed E-state index contributed by atoms with van der Waals surface area (Å²) in [5, 5.41) is 12.3. The van der Waals surface area contributed by atoms with Gasteiger partial charge in [-0.3, -0.25) is 14.3 Å². The van der Waals surface area contributed by atoms with Crippen LogP contribution in [0.4, 0.5) is 0 Å². The predicted molar refractivity (Wildman–Crippen MR) is 66.3 cm³/mol. The number of sulfonamides is 1. The Morgan fingerprint density at radius 1 is 1.55 bits per heavy atom. The number of rotatable bonds is 7. The normalized spacial score (nSPS) is 12.9. The molecular weight excluding hydrogens is 290 g/mol. The van der Waals surface area contributed by atoms with Crippen LogP contribution in [0.2, 0.25) is 0 Å². The summed E-state index contributed by atoms with van der Waals surface area (Å²) in [4.78, 5) is 21.4. The first-order valence-corrected chi connectivity index (χ1v) is 7.09. The van der Waals surface area contributed by atoms with Crippen molar-refractivity contribution in [3.8, 4) is 0 Å². The Morgan fingerprint density at radius 3 is 2.75 bits per heavy atom. The second kappa shape index (κ2) is 6.48. The summed E-state index contributed by atoms with van der Waals surface area (Å²) in [6.45, 7) is 1.40. The van der Waals surface area contributed by atoms with Crippen LogP contribution in [0, 0.1) is 0 Å². The molecule has 0 spiro atoms. The highest BCUT2D eigenvalue weighted by Crippen LogP contribution is 2.08. The van der Waals surface area contributed by atoms with Gasteiger partial charge < -0.3 is 9.84 Å².